The van der Waals surface area contributed by atoms with Crippen LogP contribution in [0.1, 0.15) is 22.8 Å². The van der Waals surface area contributed by atoms with Crippen LogP contribution in [0.2, 0.25) is 0 Å². The van der Waals surface area contributed by atoms with E-state index in [1.54, 1.807) is 12.1 Å². The van der Waals surface area contributed by atoms with E-state index in [1.807, 2.05) is 13.0 Å². The Bertz CT molecular complexity index is 483. The van der Waals surface area contributed by atoms with Crippen LogP contribution < -0.4 is 10.6 Å². The van der Waals surface area contributed by atoms with Crippen molar-refractivity contribution in [3.63, 3.8) is 0 Å². The van der Waals surface area contributed by atoms with Gasteiger partial charge in [0.05, 0.1) is 5.56 Å². The summed E-state index contributed by atoms with van der Waals surface area (Å²) in [5, 5.41) is 14.9. The van der Waals surface area contributed by atoms with Crippen molar-refractivity contribution >= 4 is 11.9 Å². The van der Waals surface area contributed by atoms with E-state index in [1.165, 1.54) is 6.07 Å². The summed E-state index contributed by atoms with van der Waals surface area (Å²) in [5.74, 6) is -0.538. The lowest BCUT2D eigenvalue weighted by Crippen LogP contribution is -2.49. The zero-order valence-corrected chi connectivity index (χ0v) is 10.8. The molecule has 0 aliphatic carbocycles. The number of carboxylic acids is 1. The smallest absolute Gasteiger partial charge is 0.335 e. The first kappa shape index (κ1) is 13.5. The number of carboxylic acid groups (broad SMARTS) is 1. The second kappa shape index (κ2) is 5.84. The molecule has 0 saturated carbocycles. The average molecular weight is 262 g/mol. The van der Waals surface area contributed by atoms with Crippen molar-refractivity contribution < 1.29 is 14.7 Å². The van der Waals surface area contributed by atoms with Crippen LogP contribution in [0.15, 0.2) is 24.3 Å². The molecule has 102 valence electrons. The van der Waals surface area contributed by atoms with Crippen LogP contribution in [-0.4, -0.2) is 30.1 Å². The van der Waals surface area contributed by atoms with Gasteiger partial charge in [-0.3, -0.25) is 4.79 Å². The van der Waals surface area contributed by atoms with Crippen LogP contribution >= 0.6 is 0 Å². The highest BCUT2D eigenvalue weighted by atomic mass is 16.4. The first-order valence-electron chi connectivity index (χ1n) is 6.38. The van der Waals surface area contributed by atoms with Crippen molar-refractivity contribution in [3.05, 3.63) is 35.4 Å². The van der Waals surface area contributed by atoms with E-state index in [9.17, 15) is 9.59 Å². The maximum Gasteiger partial charge on any atom is 0.335 e. The molecule has 1 aliphatic rings. The molecule has 1 fully saturated rings. The molecule has 1 aliphatic heterocycles. The maximum atomic E-state index is 11.9. The highest BCUT2D eigenvalue weighted by molar-refractivity contribution is 5.87. The van der Waals surface area contributed by atoms with Crippen LogP contribution in [0.4, 0.5) is 0 Å². The Kier molecular flexibility index (Phi) is 4.16. The summed E-state index contributed by atoms with van der Waals surface area (Å²) in [4.78, 5) is 22.8. The fourth-order valence-corrected chi connectivity index (χ4v) is 2.04. The molecule has 19 heavy (non-hydrogen) atoms. The molecule has 1 saturated heterocycles. The molecule has 1 amide bonds. The van der Waals surface area contributed by atoms with Gasteiger partial charge < -0.3 is 15.7 Å². The van der Waals surface area contributed by atoms with E-state index < -0.39 is 5.97 Å². The van der Waals surface area contributed by atoms with Gasteiger partial charge in [0.25, 0.3) is 0 Å². The zero-order chi connectivity index (χ0) is 13.8. The molecular weight excluding hydrogens is 244 g/mol. The third-order valence-electron chi connectivity index (χ3n) is 3.57. The van der Waals surface area contributed by atoms with E-state index in [0.29, 0.717) is 12.5 Å². The lowest BCUT2D eigenvalue weighted by molar-refractivity contribution is -0.126. The van der Waals surface area contributed by atoms with Gasteiger partial charge in [-0.1, -0.05) is 19.1 Å². The molecule has 3 N–H and O–H groups in total. The number of carbonyl (C=O) groups is 2. The Morgan fingerprint density at radius 3 is 2.79 bits per heavy atom. The summed E-state index contributed by atoms with van der Waals surface area (Å²) in [6, 6.07) is 6.61. The standard InChI is InChI=1S/C14H18N2O3/c1-9(12-7-15-8-12)13(17)16-6-10-3-2-4-11(5-10)14(18)19/h2-5,9,12,15H,6-8H2,1H3,(H,16,17)(H,18,19). The quantitative estimate of drug-likeness (QED) is 0.735. The van der Waals surface area contributed by atoms with E-state index in [-0.39, 0.29) is 17.4 Å². The molecule has 0 aromatic heterocycles. The maximum absolute atomic E-state index is 11.9. The molecule has 1 aromatic rings. The highest BCUT2D eigenvalue weighted by Gasteiger charge is 2.28. The predicted octanol–water partition coefficient (Wildman–Crippen LogP) is 0.856. The minimum atomic E-state index is -0.956. The van der Waals surface area contributed by atoms with Gasteiger partial charge in [0, 0.05) is 12.5 Å². The molecule has 5 heteroatoms. The topological polar surface area (TPSA) is 78.4 Å². The van der Waals surface area contributed by atoms with E-state index in [0.717, 1.165) is 18.7 Å². The van der Waals surface area contributed by atoms with Gasteiger partial charge in [0.1, 0.15) is 0 Å². The third kappa shape index (κ3) is 3.32. The van der Waals surface area contributed by atoms with Gasteiger partial charge in [0.2, 0.25) is 5.91 Å². The van der Waals surface area contributed by atoms with Crippen molar-refractivity contribution in [1.82, 2.24) is 10.6 Å². The Morgan fingerprint density at radius 1 is 1.47 bits per heavy atom. The van der Waals surface area contributed by atoms with Gasteiger partial charge in [0.15, 0.2) is 0 Å². The minimum Gasteiger partial charge on any atom is -0.478 e. The Balaban J connectivity index is 1.89. The summed E-state index contributed by atoms with van der Waals surface area (Å²) in [6.07, 6.45) is 0. The number of rotatable bonds is 5. The van der Waals surface area contributed by atoms with E-state index >= 15 is 0 Å². The molecule has 1 atom stereocenters. The summed E-state index contributed by atoms with van der Waals surface area (Å²) in [5.41, 5.74) is 1.04. The number of hydrogen-bond donors (Lipinski definition) is 3. The van der Waals surface area contributed by atoms with Crippen LogP contribution in [0.25, 0.3) is 0 Å². The molecule has 1 aromatic carbocycles. The van der Waals surface area contributed by atoms with Crippen LogP contribution in [0.3, 0.4) is 0 Å². The number of carbonyl (C=O) groups excluding carboxylic acids is 1. The third-order valence-corrected chi connectivity index (χ3v) is 3.57. The van der Waals surface area contributed by atoms with Crippen LogP contribution in [0, 0.1) is 11.8 Å². The predicted molar refractivity (Wildman–Crippen MR) is 70.8 cm³/mol. The normalized spacial score (nSPS) is 16.5. The van der Waals surface area contributed by atoms with E-state index in [4.69, 9.17) is 5.11 Å². The lowest BCUT2D eigenvalue weighted by Gasteiger charge is -2.31. The molecular formula is C14H18N2O3. The fourth-order valence-electron chi connectivity index (χ4n) is 2.04. The molecule has 0 radical (unpaired) electrons. The van der Waals surface area contributed by atoms with Crippen molar-refractivity contribution in [1.29, 1.82) is 0 Å². The first-order chi connectivity index (χ1) is 9.08. The van der Waals surface area contributed by atoms with Crippen molar-refractivity contribution in [2.24, 2.45) is 11.8 Å². The fraction of sp³-hybridized carbons (Fsp3) is 0.429. The number of benzene rings is 1. The van der Waals surface area contributed by atoms with Crippen molar-refractivity contribution in [3.8, 4) is 0 Å². The van der Waals surface area contributed by atoms with Crippen LogP contribution in [0.5, 0.6) is 0 Å². The number of amides is 1. The molecule has 0 spiro atoms. The summed E-state index contributed by atoms with van der Waals surface area (Å²) in [7, 11) is 0. The van der Waals surface area contributed by atoms with Gasteiger partial charge in [-0.05, 0) is 36.7 Å². The monoisotopic (exact) mass is 262 g/mol. The van der Waals surface area contributed by atoms with Gasteiger partial charge >= 0.3 is 5.97 Å². The highest BCUT2D eigenvalue weighted by Crippen LogP contribution is 2.16. The van der Waals surface area contributed by atoms with E-state index in [2.05, 4.69) is 10.6 Å². The second-order valence-electron chi connectivity index (χ2n) is 4.93. The number of nitrogens with one attached hydrogen (secondary N) is 2. The summed E-state index contributed by atoms with van der Waals surface area (Å²) < 4.78 is 0. The van der Waals surface area contributed by atoms with Gasteiger partial charge in [-0.2, -0.15) is 0 Å². The summed E-state index contributed by atoms with van der Waals surface area (Å²) >= 11 is 0. The molecule has 5 nitrogen and oxygen atoms in total. The average Bonchev–Trinajstić information content (AvgIpc) is 2.34. The second-order valence-corrected chi connectivity index (χ2v) is 4.93. The van der Waals surface area contributed by atoms with Crippen molar-refractivity contribution in [2.75, 3.05) is 13.1 Å². The zero-order valence-electron chi connectivity index (χ0n) is 10.8. The Labute approximate surface area is 112 Å². The Morgan fingerprint density at radius 2 is 2.21 bits per heavy atom. The van der Waals surface area contributed by atoms with Crippen molar-refractivity contribution in [2.45, 2.75) is 13.5 Å². The minimum absolute atomic E-state index is 0.0103. The molecule has 1 heterocycles. The Hall–Kier alpha value is -1.88. The lowest BCUT2D eigenvalue weighted by atomic mass is 9.88. The first-order valence-corrected chi connectivity index (χ1v) is 6.38. The SMILES string of the molecule is CC(C(=O)NCc1cccc(C(=O)O)c1)C1CNC1. The largest absolute Gasteiger partial charge is 0.478 e. The molecule has 1 unspecified atom stereocenters. The molecule has 0 bridgehead atoms. The summed E-state index contributed by atoms with van der Waals surface area (Å²) in [6.45, 7) is 4.07. The molecule has 2 rings (SSSR count). The number of hydrogen-bond acceptors (Lipinski definition) is 3. The number of aromatic carboxylic acids is 1. The van der Waals surface area contributed by atoms with Gasteiger partial charge in [-0.25, -0.2) is 4.79 Å². The van der Waals surface area contributed by atoms with Gasteiger partial charge in [-0.15, -0.1) is 0 Å². The van der Waals surface area contributed by atoms with Crippen LogP contribution in [-0.2, 0) is 11.3 Å².